The molecule has 0 saturated carbocycles. The maximum Gasteiger partial charge on any atom is 0.281 e. The van der Waals surface area contributed by atoms with Crippen molar-refractivity contribution < 1.29 is 13.2 Å². The zero-order chi connectivity index (χ0) is 16.3. The lowest BCUT2D eigenvalue weighted by atomic mass is 10.1. The van der Waals surface area contributed by atoms with Gasteiger partial charge >= 0.3 is 0 Å². The van der Waals surface area contributed by atoms with Crippen LogP contribution in [0.4, 0.5) is 0 Å². The van der Waals surface area contributed by atoms with E-state index in [0.717, 1.165) is 5.56 Å². The summed E-state index contributed by atoms with van der Waals surface area (Å²) in [6, 6.07) is 7.45. The van der Waals surface area contributed by atoms with Crippen molar-refractivity contribution in [1.29, 1.82) is 0 Å². The van der Waals surface area contributed by atoms with Gasteiger partial charge in [-0.15, -0.1) is 0 Å². The highest BCUT2D eigenvalue weighted by Crippen LogP contribution is 2.16. The summed E-state index contributed by atoms with van der Waals surface area (Å²) in [6.45, 7) is 2.81. The number of nitrogens with zero attached hydrogens (tertiary/aromatic N) is 2. The second-order valence-corrected chi connectivity index (χ2v) is 7.95. The molecule has 0 unspecified atom stereocenters. The van der Waals surface area contributed by atoms with Gasteiger partial charge in [0.25, 0.3) is 16.1 Å². The quantitative estimate of drug-likeness (QED) is 0.898. The van der Waals surface area contributed by atoms with Crippen molar-refractivity contribution in [3.63, 3.8) is 0 Å². The van der Waals surface area contributed by atoms with Gasteiger partial charge in [-0.3, -0.25) is 4.79 Å². The number of carbonyl (C=O) groups excluding carboxylic acids is 1. The number of aryl methyl sites for hydroxylation is 1. The molecule has 0 spiro atoms. The van der Waals surface area contributed by atoms with Crippen LogP contribution in [0.1, 0.15) is 28.8 Å². The fourth-order valence-corrected chi connectivity index (χ4v) is 3.65. The van der Waals surface area contributed by atoms with Gasteiger partial charge in [-0.1, -0.05) is 17.7 Å². The fourth-order valence-electron chi connectivity index (χ4n) is 2.52. The predicted octanol–water partition coefficient (Wildman–Crippen LogP) is 0.996. The number of rotatable bonds is 4. The molecule has 1 N–H and O–H groups in total. The molecule has 1 aliphatic rings. The molecule has 0 aliphatic carbocycles. The maximum atomic E-state index is 12.2. The number of piperidine rings is 1. The van der Waals surface area contributed by atoms with E-state index >= 15 is 0 Å². The first-order chi connectivity index (χ1) is 10.3. The Hall–Kier alpha value is -1.44. The smallest absolute Gasteiger partial charge is 0.281 e. The second-order valence-electron chi connectivity index (χ2n) is 5.81. The Kier molecular flexibility index (Phi) is 5.20. The van der Waals surface area contributed by atoms with E-state index in [1.807, 2.05) is 25.1 Å². The van der Waals surface area contributed by atoms with Crippen LogP contribution in [0.25, 0.3) is 0 Å². The van der Waals surface area contributed by atoms with E-state index < -0.39 is 10.2 Å². The highest BCUT2D eigenvalue weighted by Gasteiger charge is 2.30. The normalized spacial score (nSPS) is 17.6. The van der Waals surface area contributed by atoms with Crippen LogP contribution < -0.4 is 5.32 Å². The molecule has 1 aliphatic heterocycles. The Morgan fingerprint density at radius 1 is 1.27 bits per heavy atom. The van der Waals surface area contributed by atoms with Gasteiger partial charge in [0.05, 0.1) is 0 Å². The molecule has 0 bridgehead atoms. The first kappa shape index (κ1) is 16.9. The summed E-state index contributed by atoms with van der Waals surface area (Å²) < 4.78 is 26.8. The molecule has 1 heterocycles. The third kappa shape index (κ3) is 3.85. The van der Waals surface area contributed by atoms with Crippen LogP contribution in [0.2, 0.25) is 0 Å². The third-order valence-electron chi connectivity index (χ3n) is 3.86. The molecule has 7 heteroatoms. The van der Waals surface area contributed by atoms with Crippen LogP contribution in [-0.2, 0) is 10.2 Å². The number of benzene rings is 1. The van der Waals surface area contributed by atoms with Crippen LogP contribution in [0.3, 0.4) is 0 Å². The average Bonchev–Trinajstić information content (AvgIpc) is 2.47. The summed E-state index contributed by atoms with van der Waals surface area (Å²) >= 11 is 0. The van der Waals surface area contributed by atoms with E-state index in [-0.39, 0.29) is 11.9 Å². The van der Waals surface area contributed by atoms with Gasteiger partial charge in [0.1, 0.15) is 0 Å². The van der Waals surface area contributed by atoms with Gasteiger partial charge in [-0.2, -0.15) is 17.0 Å². The summed E-state index contributed by atoms with van der Waals surface area (Å²) in [5.41, 5.74) is 1.68. The first-order valence-electron chi connectivity index (χ1n) is 7.36. The average molecular weight is 325 g/mol. The summed E-state index contributed by atoms with van der Waals surface area (Å²) in [5, 5.41) is 2.99. The van der Waals surface area contributed by atoms with E-state index in [2.05, 4.69) is 5.32 Å². The molecule has 0 aromatic heterocycles. The molecule has 0 radical (unpaired) electrons. The lowest BCUT2D eigenvalue weighted by Crippen LogP contribution is -2.49. The summed E-state index contributed by atoms with van der Waals surface area (Å²) in [7, 11) is -0.298. The molecule has 22 heavy (non-hydrogen) atoms. The van der Waals surface area contributed by atoms with Crippen LogP contribution in [0.15, 0.2) is 24.3 Å². The molecule has 1 amide bonds. The van der Waals surface area contributed by atoms with Crippen LogP contribution in [0.5, 0.6) is 0 Å². The topological polar surface area (TPSA) is 69.7 Å². The molecule has 1 fully saturated rings. The molecular formula is C15H23N3O3S. The minimum atomic E-state index is -3.36. The first-order valence-corrected chi connectivity index (χ1v) is 8.75. The maximum absolute atomic E-state index is 12.2. The van der Waals surface area contributed by atoms with Crippen molar-refractivity contribution in [2.75, 3.05) is 27.2 Å². The second kappa shape index (κ2) is 6.76. The number of nitrogens with one attached hydrogen (secondary N) is 1. The molecule has 1 aromatic rings. The molecular weight excluding hydrogens is 302 g/mol. The molecule has 6 nitrogen and oxygen atoms in total. The van der Waals surface area contributed by atoms with Gasteiger partial charge < -0.3 is 5.32 Å². The van der Waals surface area contributed by atoms with E-state index in [0.29, 0.717) is 31.5 Å². The molecule has 122 valence electrons. The molecule has 0 atom stereocenters. The van der Waals surface area contributed by atoms with Crippen LogP contribution in [-0.4, -0.2) is 56.2 Å². The van der Waals surface area contributed by atoms with Crippen LogP contribution in [0, 0.1) is 6.92 Å². The number of hydrogen-bond acceptors (Lipinski definition) is 3. The van der Waals surface area contributed by atoms with Crippen molar-refractivity contribution in [1.82, 2.24) is 13.9 Å². The van der Waals surface area contributed by atoms with Crippen molar-refractivity contribution in [3.8, 4) is 0 Å². The van der Waals surface area contributed by atoms with Gasteiger partial charge in [0.15, 0.2) is 0 Å². The van der Waals surface area contributed by atoms with E-state index in [4.69, 9.17) is 0 Å². The van der Waals surface area contributed by atoms with E-state index in [1.54, 1.807) is 6.07 Å². The number of hydrogen-bond donors (Lipinski definition) is 1. The van der Waals surface area contributed by atoms with E-state index in [9.17, 15) is 13.2 Å². The monoisotopic (exact) mass is 325 g/mol. The predicted molar refractivity (Wildman–Crippen MR) is 85.8 cm³/mol. The Labute approximate surface area is 132 Å². The zero-order valence-corrected chi connectivity index (χ0v) is 14.1. The Bertz CT molecular complexity index is 635. The Morgan fingerprint density at radius 3 is 2.45 bits per heavy atom. The van der Waals surface area contributed by atoms with Crippen molar-refractivity contribution in [2.24, 2.45) is 0 Å². The zero-order valence-electron chi connectivity index (χ0n) is 13.2. The molecule has 1 aromatic carbocycles. The minimum Gasteiger partial charge on any atom is -0.349 e. The number of carbonyl (C=O) groups is 1. The largest absolute Gasteiger partial charge is 0.349 e. The summed E-state index contributed by atoms with van der Waals surface area (Å²) in [5.74, 6) is -0.0994. The lowest BCUT2D eigenvalue weighted by Gasteiger charge is -2.33. The van der Waals surface area contributed by atoms with Crippen molar-refractivity contribution >= 4 is 16.1 Å². The Morgan fingerprint density at radius 2 is 1.91 bits per heavy atom. The molecule has 2 rings (SSSR count). The standard InChI is InChI=1S/C15H23N3O3S/c1-12-5-4-6-13(11-12)15(19)16-14-7-9-18(10-8-14)22(20,21)17(2)3/h4-6,11,14H,7-10H2,1-3H3,(H,16,19). The Balaban J connectivity index is 1.92. The van der Waals surface area contributed by atoms with Gasteiger partial charge in [-0.25, -0.2) is 0 Å². The lowest BCUT2D eigenvalue weighted by molar-refractivity contribution is 0.0923. The highest BCUT2D eigenvalue weighted by molar-refractivity contribution is 7.86. The van der Waals surface area contributed by atoms with E-state index in [1.165, 1.54) is 22.7 Å². The van der Waals surface area contributed by atoms with Gasteiger partial charge in [0.2, 0.25) is 0 Å². The van der Waals surface area contributed by atoms with Gasteiger partial charge in [-0.05, 0) is 31.9 Å². The number of amides is 1. The SMILES string of the molecule is Cc1cccc(C(=O)NC2CCN(S(=O)(=O)N(C)C)CC2)c1. The van der Waals surface area contributed by atoms with Crippen molar-refractivity contribution in [3.05, 3.63) is 35.4 Å². The summed E-state index contributed by atoms with van der Waals surface area (Å²) in [4.78, 5) is 12.2. The third-order valence-corrected chi connectivity index (χ3v) is 5.80. The minimum absolute atomic E-state index is 0.0154. The summed E-state index contributed by atoms with van der Waals surface area (Å²) in [6.07, 6.45) is 1.26. The van der Waals surface area contributed by atoms with Crippen LogP contribution >= 0.6 is 0 Å². The molecule has 1 saturated heterocycles. The van der Waals surface area contributed by atoms with Crippen molar-refractivity contribution in [2.45, 2.75) is 25.8 Å². The fraction of sp³-hybridized carbons (Fsp3) is 0.533. The van der Waals surface area contributed by atoms with Gasteiger partial charge in [0, 0.05) is 38.8 Å². The highest BCUT2D eigenvalue weighted by atomic mass is 32.2.